The van der Waals surface area contributed by atoms with Gasteiger partial charge in [0.25, 0.3) is 0 Å². The fraction of sp³-hybridized carbons (Fsp3) is 0.579. The standard InChI is InChI=1S/C19H28N2O4/c1-19(2,3)25-18(24)21-16(17(22)23)12-13-8-4-5-9-14(13)15-10-6-7-11-20-15/h4-5,8-9,15-16,20H,6-7,10-12H2,1-3H3,(H,21,24)(H,22,23). The average molecular weight is 348 g/mol. The molecular weight excluding hydrogens is 320 g/mol. The first-order valence-corrected chi connectivity index (χ1v) is 8.80. The fourth-order valence-electron chi connectivity index (χ4n) is 3.05. The van der Waals surface area contributed by atoms with Crippen LogP contribution in [0.2, 0.25) is 0 Å². The van der Waals surface area contributed by atoms with E-state index in [1.807, 2.05) is 24.3 Å². The molecular formula is C19H28N2O4. The number of hydrogen-bond donors (Lipinski definition) is 3. The van der Waals surface area contributed by atoms with Crippen molar-refractivity contribution in [2.24, 2.45) is 0 Å². The number of benzene rings is 1. The molecule has 1 aliphatic heterocycles. The molecule has 25 heavy (non-hydrogen) atoms. The minimum absolute atomic E-state index is 0.225. The highest BCUT2D eigenvalue weighted by Crippen LogP contribution is 2.26. The first-order valence-electron chi connectivity index (χ1n) is 8.80. The molecule has 1 heterocycles. The highest BCUT2D eigenvalue weighted by atomic mass is 16.6. The van der Waals surface area contributed by atoms with E-state index in [0.29, 0.717) is 0 Å². The molecule has 0 bridgehead atoms. The minimum atomic E-state index is -1.07. The quantitative estimate of drug-likeness (QED) is 0.761. The molecule has 0 aromatic heterocycles. The van der Waals surface area contributed by atoms with Crippen LogP contribution in [0.4, 0.5) is 4.79 Å². The predicted octanol–water partition coefficient (Wildman–Crippen LogP) is 3.02. The van der Waals surface area contributed by atoms with Crippen molar-refractivity contribution in [1.29, 1.82) is 0 Å². The Bertz CT molecular complexity index is 604. The number of carbonyl (C=O) groups excluding carboxylic acids is 1. The Morgan fingerprint density at radius 2 is 2.04 bits per heavy atom. The Balaban J connectivity index is 2.11. The number of carboxylic acid groups (broad SMARTS) is 1. The van der Waals surface area contributed by atoms with Gasteiger partial charge in [0.1, 0.15) is 11.6 Å². The van der Waals surface area contributed by atoms with Crippen LogP contribution in [0.25, 0.3) is 0 Å². The summed E-state index contributed by atoms with van der Waals surface area (Å²) >= 11 is 0. The molecule has 1 aliphatic rings. The topological polar surface area (TPSA) is 87.7 Å². The molecule has 2 unspecified atom stereocenters. The summed E-state index contributed by atoms with van der Waals surface area (Å²) in [7, 11) is 0. The van der Waals surface area contributed by atoms with Crippen LogP contribution >= 0.6 is 0 Å². The minimum Gasteiger partial charge on any atom is -0.480 e. The van der Waals surface area contributed by atoms with Crippen LogP contribution in [0.1, 0.15) is 57.2 Å². The zero-order valence-electron chi connectivity index (χ0n) is 15.2. The Kier molecular flexibility index (Phi) is 6.42. The predicted molar refractivity (Wildman–Crippen MR) is 95.5 cm³/mol. The maximum Gasteiger partial charge on any atom is 0.408 e. The molecule has 138 valence electrons. The molecule has 0 saturated carbocycles. The summed E-state index contributed by atoms with van der Waals surface area (Å²) < 4.78 is 5.18. The van der Waals surface area contributed by atoms with Crippen molar-refractivity contribution in [3.8, 4) is 0 Å². The van der Waals surface area contributed by atoms with Gasteiger partial charge in [-0.25, -0.2) is 9.59 Å². The van der Waals surface area contributed by atoms with Crippen LogP contribution in [-0.2, 0) is 16.0 Å². The molecule has 6 nitrogen and oxygen atoms in total. The number of carboxylic acids is 1. The zero-order chi connectivity index (χ0) is 18.4. The fourth-order valence-corrected chi connectivity index (χ4v) is 3.05. The van der Waals surface area contributed by atoms with E-state index in [1.165, 1.54) is 0 Å². The summed E-state index contributed by atoms with van der Waals surface area (Å²) in [4.78, 5) is 23.5. The van der Waals surface area contributed by atoms with Crippen molar-refractivity contribution in [2.75, 3.05) is 6.54 Å². The number of carbonyl (C=O) groups is 2. The van der Waals surface area contributed by atoms with Crippen LogP contribution in [-0.4, -0.2) is 35.4 Å². The third-order valence-electron chi connectivity index (χ3n) is 4.15. The van der Waals surface area contributed by atoms with E-state index in [2.05, 4.69) is 10.6 Å². The van der Waals surface area contributed by atoms with Gasteiger partial charge in [0.15, 0.2) is 0 Å². The Morgan fingerprint density at radius 3 is 2.64 bits per heavy atom. The number of ether oxygens (including phenoxy) is 1. The molecule has 0 radical (unpaired) electrons. The van der Waals surface area contributed by atoms with Gasteiger partial charge in [-0.15, -0.1) is 0 Å². The highest BCUT2D eigenvalue weighted by molar-refractivity contribution is 5.80. The first kappa shape index (κ1) is 19.2. The lowest BCUT2D eigenvalue weighted by atomic mass is 9.91. The number of aliphatic carboxylic acids is 1. The van der Waals surface area contributed by atoms with E-state index in [0.717, 1.165) is 36.9 Å². The second-order valence-electron chi connectivity index (χ2n) is 7.44. The molecule has 1 aromatic rings. The van der Waals surface area contributed by atoms with Gasteiger partial charge in [-0.2, -0.15) is 0 Å². The van der Waals surface area contributed by atoms with Gasteiger partial charge in [0.2, 0.25) is 0 Å². The van der Waals surface area contributed by atoms with E-state index in [-0.39, 0.29) is 12.5 Å². The number of nitrogens with one attached hydrogen (secondary N) is 2. The zero-order valence-corrected chi connectivity index (χ0v) is 15.2. The number of piperidine rings is 1. The Morgan fingerprint density at radius 1 is 1.32 bits per heavy atom. The summed E-state index contributed by atoms with van der Waals surface area (Å²) in [5.41, 5.74) is 1.38. The smallest absolute Gasteiger partial charge is 0.408 e. The van der Waals surface area contributed by atoms with Gasteiger partial charge in [-0.3, -0.25) is 0 Å². The van der Waals surface area contributed by atoms with Crippen molar-refractivity contribution in [3.63, 3.8) is 0 Å². The number of alkyl carbamates (subject to hydrolysis) is 1. The van der Waals surface area contributed by atoms with Crippen molar-refractivity contribution in [2.45, 2.75) is 64.1 Å². The molecule has 0 spiro atoms. The molecule has 3 N–H and O–H groups in total. The number of rotatable bonds is 5. The third-order valence-corrected chi connectivity index (χ3v) is 4.15. The highest BCUT2D eigenvalue weighted by Gasteiger charge is 2.26. The van der Waals surface area contributed by atoms with E-state index in [4.69, 9.17) is 4.74 Å². The molecule has 1 fully saturated rings. The lowest BCUT2D eigenvalue weighted by Crippen LogP contribution is -2.45. The summed E-state index contributed by atoms with van der Waals surface area (Å²) in [6.45, 7) is 6.20. The number of amides is 1. The lowest BCUT2D eigenvalue weighted by molar-refractivity contribution is -0.139. The van der Waals surface area contributed by atoms with Crippen LogP contribution in [0.3, 0.4) is 0 Å². The van der Waals surface area contributed by atoms with Crippen molar-refractivity contribution >= 4 is 12.1 Å². The van der Waals surface area contributed by atoms with E-state index in [9.17, 15) is 14.7 Å². The van der Waals surface area contributed by atoms with Crippen LogP contribution in [0, 0.1) is 0 Å². The normalized spacial score (nSPS) is 19.1. The van der Waals surface area contributed by atoms with E-state index in [1.54, 1.807) is 20.8 Å². The molecule has 0 aliphatic carbocycles. The van der Waals surface area contributed by atoms with Gasteiger partial charge in [0.05, 0.1) is 0 Å². The molecule has 1 saturated heterocycles. The SMILES string of the molecule is CC(C)(C)OC(=O)NC(Cc1ccccc1C1CCCCN1)C(=O)O. The van der Waals surface area contributed by atoms with Gasteiger partial charge < -0.3 is 20.5 Å². The van der Waals surface area contributed by atoms with E-state index < -0.39 is 23.7 Å². The molecule has 1 amide bonds. The largest absolute Gasteiger partial charge is 0.480 e. The lowest BCUT2D eigenvalue weighted by Gasteiger charge is -2.27. The van der Waals surface area contributed by atoms with Crippen molar-refractivity contribution in [1.82, 2.24) is 10.6 Å². The monoisotopic (exact) mass is 348 g/mol. The first-order chi connectivity index (χ1) is 11.8. The maximum absolute atomic E-state index is 11.9. The van der Waals surface area contributed by atoms with Crippen LogP contribution < -0.4 is 10.6 Å². The average Bonchev–Trinajstić information content (AvgIpc) is 2.53. The van der Waals surface area contributed by atoms with Gasteiger partial charge in [-0.05, 0) is 51.3 Å². The second kappa shape index (κ2) is 8.34. The Hall–Kier alpha value is -2.08. The Labute approximate surface area is 149 Å². The van der Waals surface area contributed by atoms with Gasteiger partial charge >= 0.3 is 12.1 Å². The molecule has 1 aromatic carbocycles. The van der Waals surface area contributed by atoms with Gasteiger partial charge in [0, 0.05) is 12.5 Å². The molecule has 2 rings (SSSR count). The maximum atomic E-state index is 11.9. The van der Waals surface area contributed by atoms with Crippen LogP contribution in [0.15, 0.2) is 24.3 Å². The second-order valence-corrected chi connectivity index (χ2v) is 7.44. The summed E-state index contributed by atoms with van der Waals surface area (Å²) in [5.74, 6) is -1.07. The summed E-state index contributed by atoms with van der Waals surface area (Å²) in [5, 5.41) is 15.5. The van der Waals surface area contributed by atoms with Crippen molar-refractivity contribution < 1.29 is 19.4 Å². The summed E-state index contributed by atoms with van der Waals surface area (Å²) in [6.07, 6.45) is 2.87. The summed E-state index contributed by atoms with van der Waals surface area (Å²) in [6, 6.07) is 7.03. The van der Waals surface area contributed by atoms with Crippen LogP contribution in [0.5, 0.6) is 0 Å². The number of hydrogen-bond acceptors (Lipinski definition) is 4. The van der Waals surface area contributed by atoms with Crippen molar-refractivity contribution in [3.05, 3.63) is 35.4 Å². The van der Waals surface area contributed by atoms with Gasteiger partial charge in [-0.1, -0.05) is 30.7 Å². The van der Waals surface area contributed by atoms with E-state index >= 15 is 0 Å². The molecule has 6 heteroatoms. The molecule has 2 atom stereocenters. The third kappa shape index (κ3) is 6.05.